The molecule has 0 saturated carbocycles. The van der Waals surface area contributed by atoms with Gasteiger partial charge in [-0.25, -0.2) is 4.68 Å². The Kier molecular flexibility index (Phi) is 4.13. The summed E-state index contributed by atoms with van der Waals surface area (Å²) in [6.07, 6.45) is 0.334. The fourth-order valence-corrected chi connectivity index (χ4v) is 2.96. The normalized spacial score (nSPS) is 17.8. The van der Waals surface area contributed by atoms with E-state index >= 15 is 0 Å². The number of nitrogens with zero attached hydrogens (tertiary/aromatic N) is 10. The van der Waals surface area contributed by atoms with Gasteiger partial charge in [0.1, 0.15) is 6.54 Å². The van der Waals surface area contributed by atoms with Crippen LogP contribution >= 0.6 is 0 Å². The lowest BCUT2D eigenvalue weighted by atomic mass is 10.1. The van der Waals surface area contributed by atoms with Crippen molar-refractivity contribution in [1.29, 1.82) is 0 Å². The highest BCUT2D eigenvalue weighted by molar-refractivity contribution is 5.84. The molecule has 1 aliphatic rings. The minimum atomic E-state index is -0.367. The predicted molar refractivity (Wildman–Crippen MR) is 97.2 cm³/mol. The minimum Gasteiger partial charge on any atom is -0.391 e. The monoisotopic (exact) mass is 373 g/mol. The van der Waals surface area contributed by atoms with E-state index in [1.54, 1.807) is 11.7 Å². The van der Waals surface area contributed by atoms with Crippen LogP contribution in [0.25, 0.3) is 11.2 Å². The molecule has 1 aliphatic heterocycles. The Balaban J connectivity index is 1.76. The first kappa shape index (κ1) is 17.5. The summed E-state index contributed by atoms with van der Waals surface area (Å²) >= 11 is 0. The number of β-amino-alcohol motifs (C(OH)–C–C–N with tert-alkyl or cyclic N) is 1. The number of rotatable bonds is 4. The highest BCUT2D eigenvalue weighted by atomic mass is 16.3. The summed E-state index contributed by atoms with van der Waals surface area (Å²) < 4.78 is 1.57. The molecular formula is C15H23N11O. The minimum absolute atomic E-state index is 0.199. The van der Waals surface area contributed by atoms with Gasteiger partial charge in [-0.2, -0.15) is 14.8 Å². The fourth-order valence-electron chi connectivity index (χ4n) is 2.96. The molecule has 4 rings (SSSR count). The molecule has 1 atom stereocenters. The third kappa shape index (κ3) is 3.65. The van der Waals surface area contributed by atoms with Gasteiger partial charge in [0.05, 0.1) is 6.10 Å². The van der Waals surface area contributed by atoms with Crippen molar-refractivity contribution in [3.63, 3.8) is 0 Å². The number of aliphatic hydroxyl groups excluding tert-OH is 1. The third-order valence-electron chi connectivity index (χ3n) is 4.21. The summed E-state index contributed by atoms with van der Waals surface area (Å²) in [6.45, 7) is 7.67. The lowest BCUT2D eigenvalue weighted by molar-refractivity contribution is 0.198. The largest absolute Gasteiger partial charge is 0.391 e. The lowest BCUT2D eigenvalue weighted by Crippen LogP contribution is -2.28. The quantitative estimate of drug-likeness (QED) is 0.620. The van der Waals surface area contributed by atoms with Crippen LogP contribution in [0.1, 0.15) is 33.0 Å². The maximum Gasteiger partial charge on any atom is 0.227 e. The first-order chi connectivity index (χ1) is 12.8. The average Bonchev–Trinajstić information content (AvgIpc) is 3.26. The summed E-state index contributed by atoms with van der Waals surface area (Å²) in [5.74, 6) is 1.79. The highest BCUT2D eigenvalue weighted by Gasteiger charge is 2.26. The van der Waals surface area contributed by atoms with Crippen LogP contribution in [0.5, 0.6) is 0 Å². The molecule has 12 nitrogen and oxygen atoms in total. The van der Waals surface area contributed by atoms with E-state index in [1.807, 2.05) is 25.7 Å². The Morgan fingerprint density at radius 3 is 2.67 bits per heavy atom. The second-order valence-electron chi connectivity index (χ2n) is 7.76. The number of hydrogen-bond acceptors (Lipinski definition) is 10. The van der Waals surface area contributed by atoms with Crippen molar-refractivity contribution in [3.05, 3.63) is 5.82 Å². The van der Waals surface area contributed by atoms with Gasteiger partial charge in [-0.05, 0) is 37.6 Å². The van der Waals surface area contributed by atoms with E-state index in [4.69, 9.17) is 0 Å². The standard InChI is InChI=1S/C15H23N11O/c1-15(2,3)18-14-16-12-11(13(17-14)25-6-5-9(27)7-25)20-26(21-12)8-10-19-22-23-24(10)4/h9,27H,5-8H2,1-4H3,(H,16,18,21)/t9-/m0/s1. The van der Waals surface area contributed by atoms with E-state index in [0.29, 0.717) is 54.8 Å². The molecule has 1 fully saturated rings. The number of fused-ring (bicyclic) bond motifs is 1. The van der Waals surface area contributed by atoms with Gasteiger partial charge in [0, 0.05) is 25.7 Å². The Morgan fingerprint density at radius 1 is 1.22 bits per heavy atom. The molecule has 12 heteroatoms. The van der Waals surface area contributed by atoms with Gasteiger partial charge in [0.25, 0.3) is 0 Å². The van der Waals surface area contributed by atoms with E-state index in [-0.39, 0.29) is 11.6 Å². The SMILES string of the molecule is Cn1nnnc1Cn1nc2nc(NC(C)(C)C)nc(N3CC[C@H](O)C3)c2n1. The Morgan fingerprint density at radius 2 is 2.04 bits per heavy atom. The molecule has 3 aromatic heterocycles. The number of hydrogen-bond donors (Lipinski definition) is 2. The number of aliphatic hydroxyl groups is 1. The molecule has 0 aliphatic carbocycles. The van der Waals surface area contributed by atoms with E-state index in [1.165, 1.54) is 4.80 Å². The van der Waals surface area contributed by atoms with Crippen LogP contribution in [0, 0.1) is 0 Å². The molecule has 1 saturated heterocycles. The summed E-state index contributed by atoms with van der Waals surface area (Å²) in [5.41, 5.74) is 0.886. The zero-order chi connectivity index (χ0) is 19.2. The third-order valence-corrected chi connectivity index (χ3v) is 4.21. The van der Waals surface area contributed by atoms with Crippen LogP contribution in [-0.4, -0.2) is 75.0 Å². The van der Waals surface area contributed by atoms with Crippen molar-refractivity contribution in [3.8, 4) is 0 Å². The van der Waals surface area contributed by atoms with Gasteiger partial charge in [-0.15, -0.1) is 15.3 Å². The number of nitrogens with one attached hydrogen (secondary N) is 1. The van der Waals surface area contributed by atoms with E-state index in [9.17, 15) is 5.11 Å². The molecule has 27 heavy (non-hydrogen) atoms. The first-order valence-corrected chi connectivity index (χ1v) is 8.84. The second kappa shape index (κ2) is 6.37. The molecule has 2 N–H and O–H groups in total. The maximum atomic E-state index is 9.93. The number of aromatic nitrogens is 9. The molecule has 144 valence electrons. The smallest absolute Gasteiger partial charge is 0.227 e. The van der Waals surface area contributed by atoms with Crippen LogP contribution in [0.15, 0.2) is 0 Å². The molecule has 0 radical (unpaired) electrons. The van der Waals surface area contributed by atoms with Crippen LogP contribution in [0.2, 0.25) is 0 Å². The fraction of sp³-hybridized carbons (Fsp3) is 0.667. The van der Waals surface area contributed by atoms with Crippen molar-refractivity contribution >= 4 is 22.9 Å². The van der Waals surface area contributed by atoms with Gasteiger partial charge < -0.3 is 15.3 Å². The highest BCUT2D eigenvalue weighted by Crippen LogP contribution is 2.27. The van der Waals surface area contributed by atoms with E-state index < -0.39 is 0 Å². The van der Waals surface area contributed by atoms with Gasteiger partial charge in [0.15, 0.2) is 17.2 Å². The summed E-state index contributed by atoms with van der Waals surface area (Å²) in [6, 6.07) is 0. The van der Waals surface area contributed by atoms with Crippen LogP contribution in [0.4, 0.5) is 11.8 Å². The molecule has 0 amide bonds. The zero-order valence-electron chi connectivity index (χ0n) is 15.8. The van der Waals surface area contributed by atoms with Crippen molar-refractivity contribution in [2.24, 2.45) is 7.05 Å². The summed E-state index contributed by atoms with van der Waals surface area (Å²) in [5, 5.41) is 33.7. The number of aryl methyl sites for hydroxylation is 1. The Bertz CT molecular complexity index is 956. The molecule has 4 heterocycles. The molecule has 0 spiro atoms. The molecular weight excluding hydrogens is 350 g/mol. The van der Waals surface area contributed by atoms with Crippen molar-refractivity contribution in [2.45, 2.75) is 45.4 Å². The van der Waals surface area contributed by atoms with Crippen LogP contribution < -0.4 is 10.2 Å². The average molecular weight is 373 g/mol. The topological polar surface area (TPSA) is 136 Å². The van der Waals surface area contributed by atoms with Crippen LogP contribution in [-0.2, 0) is 13.6 Å². The van der Waals surface area contributed by atoms with Gasteiger partial charge in [0.2, 0.25) is 11.6 Å². The zero-order valence-corrected chi connectivity index (χ0v) is 15.8. The molecule has 0 bridgehead atoms. The van der Waals surface area contributed by atoms with E-state index in [0.717, 1.165) is 0 Å². The van der Waals surface area contributed by atoms with Crippen LogP contribution in [0.3, 0.4) is 0 Å². The van der Waals surface area contributed by atoms with Crippen molar-refractivity contribution in [1.82, 2.24) is 45.2 Å². The summed E-state index contributed by atoms with van der Waals surface area (Å²) in [7, 11) is 1.76. The molecule has 0 unspecified atom stereocenters. The predicted octanol–water partition coefficient (Wildman–Crippen LogP) is -0.425. The van der Waals surface area contributed by atoms with Crippen molar-refractivity contribution < 1.29 is 5.11 Å². The Labute approximate surface area is 155 Å². The van der Waals surface area contributed by atoms with Crippen molar-refractivity contribution in [2.75, 3.05) is 23.3 Å². The number of tetrazole rings is 1. The first-order valence-electron chi connectivity index (χ1n) is 8.84. The molecule has 0 aromatic carbocycles. The molecule has 3 aromatic rings. The summed E-state index contributed by atoms with van der Waals surface area (Å²) in [4.78, 5) is 12.7. The maximum absolute atomic E-state index is 9.93. The Hall–Kier alpha value is -2.89. The van der Waals surface area contributed by atoms with Gasteiger partial charge in [-0.3, -0.25) is 0 Å². The number of anilines is 2. The second-order valence-corrected chi connectivity index (χ2v) is 7.76. The van der Waals surface area contributed by atoms with Gasteiger partial charge in [-0.1, -0.05) is 0 Å². The lowest BCUT2D eigenvalue weighted by Gasteiger charge is -2.22. The van der Waals surface area contributed by atoms with Gasteiger partial charge >= 0.3 is 0 Å². The van der Waals surface area contributed by atoms with E-state index in [2.05, 4.69) is 41.0 Å².